The monoisotopic (exact) mass is 589 g/mol. The molecule has 2 atom stereocenters. The number of ether oxygens (including phenoxy) is 1. The SMILES string of the molecule is C=C(F)C(=O)N1CCN(c2c(C#N)c(OC[C@@H]3CCCN3C)nc3c2CCN(c2c(C)ccc4[nH]c(=O)oc24)C3)C[C@H]1C. The van der Waals surface area contributed by atoms with Gasteiger partial charge in [-0.2, -0.15) is 5.26 Å². The van der Waals surface area contributed by atoms with Gasteiger partial charge in [0.25, 0.3) is 5.91 Å². The molecule has 6 rings (SSSR count). The molecule has 0 saturated carbocycles. The number of anilines is 2. The standard InChI is InChI=1S/C31H36FN7O4/c1-18-7-8-24-28(43-31(41)35-24)26(18)37-11-9-22-25(16-37)34-29(42-17-21-6-5-10-36(21)4)23(14-33)27(22)38-12-13-39(19(2)15-38)30(40)20(3)32/h7-8,19,21H,3,5-6,9-13,15-17H2,1-2,4H3,(H,35,41)/t19-,21+/m1/s1. The van der Waals surface area contributed by atoms with Gasteiger partial charge in [-0.25, -0.2) is 14.2 Å². The number of aromatic nitrogens is 2. The fourth-order valence-corrected chi connectivity index (χ4v) is 6.76. The lowest BCUT2D eigenvalue weighted by atomic mass is 9.96. The third-order valence-corrected chi connectivity index (χ3v) is 9.01. The molecule has 1 aromatic carbocycles. The molecule has 1 N–H and O–H groups in total. The summed E-state index contributed by atoms with van der Waals surface area (Å²) in [5, 5.41) is 10.5. The predicted octanol–water partition coefficient (Wildman–Crippen LogP) is 3.25. The van der Waals surface area contributed by atoms with Crippen molar-refractivity contribution in [3.8, 4) is 11.9 Å². The second-order valence-electron chi connectivity index (χ2n) is 11.8. The molecule has 2 fully saturated rings. The first-order valence-electron chi connectivity index (χ1n) is 14.7. The molecule has 11 nitrogen and oxygen atoms in total. The van der Waals surface area contributed by atoms with Crippen molar-refractivity contribution in [3.63, 3.8) is 0 Å². The minimum Gasteiger partial charge on any atom is -0.475 e. The number of hydrogen-bond acceptors (Lipinski definition) is 9. The van der Waals surface area contributed by atoms with E-state index in [4.69, 9.17) is 14.1 Å². The van der Waals surface area contributed by atoms with Crippen molar-refractivity contribution < 1.29 is 18.3 Å². The number of fused-ring (bicyclic) bond motifs is 2. The number of nitrogens with one attached hydrogen (secondary N) is 1. The first-order chi connectivity index (χ1) is 20.7. The molecule has 0 aliphatic carbocycles. The van der Waals surface area contributed by atoms with Crippen molar-refractivity contribution in [2.75, 3.05) is 56.2 Å². The number of nitrogens with zero attached hydrogens (tertiary/aromatic N) is 6. The van der Waals surface area contributed by atoms with Crippen LogP contribution in [0.1, 0.15) is 42.1 Å². The number of amides is 1. The third-order valence-electron chi connectivity index (χ3n) is 9.01. The van der Waals surface area contributed by atoms with E-state index in [0.717, 1.165) is 47.6 Å². The maximum atomic E-state index is 13.7. The first kappa shape index (κ1) is 28.7. The zero-order valence-corrected chi connectivity index (χ0v) is 24.8. The molecule has 2 aromatic heterocycles. The van der Waals surface area contributed by atoms with E-state index < -0.39 is 17.5 Å². The molecule has 0 unspecified atom stereocenters. The number of aromatic amines is 1. The van der Waals surface area contributed by atoms with Crippen LogP contribution in [0.3, 0.4) is 0 Å². The summed E-state index contributed by atoms with van der Waals surface area (Å²) in [5.74, 6) is -1.89. The van der Waals surface area contributed by atoms with Gasteiger partial charge in [-0.05, 0) is 58.3 Å². The molecule has 0 bridgehead atoms. The third kappa shape index (κ3) is 5.22. The Morgan fingerprint density at radius 2 is 2.07 bits per heavy atom. The Kier molecular flexibility index (Phi) is 7.60. The number of likely N-dealkylation sites (tertiary alicyclic amines) is 1. The van der Waals surface area contributed by atoms with Crippen molar-refractivity contribution in [2.24, 2.45) is 0 Å². The van der Waals surface area contributed by atoms with Crippen LogP contribution in [0.5, 0.6) is 5.88 Å². The van der Waals surface area contributed by atoms with Crippen molar-refractivity contribution >= 4 is 28.4 Å². The highest BCUT2D eigenvalue weighted by Gasteiger charge is 2.35. The number of pyridine rings is 1. The lowest BCUT2D eigenvalue weighted by Crippen LogP contribution is -2.54. The van der Waals surface area contributed by atoms with Crippen LogP contribution in [0.15, 0.2) is 33.8 Å². The molecule has 1 amide bonds. The van der Waals surface area contributed by atoms with Gasteiger partial charge in [0, 0.05) is 43.8 Å². The van der Waals surface area contributed by atoms with Gasteiger partial charge in [-0.3, -0.25) is 9.78 Å². The number of H-pyrrole nitrogens is 1. The average molecular weight is 590 g/mol. The highest BCUT2D eigenvalue weighted by atomic mass is 19.1. The van der Waals surface area contributed by atoms with E-state index in [1.54, 1.807) is 0 Å². The maximum Gasteiger partial charge on any atom is 0.417 e. The van der Waals surface area contributed by atoms with Crippen LogP contribution in [0.25, 0.3) is 11.1 Å². The Bertz CT molecular complexity index is 1690. The molecule has 0 spiro atoms. The number of halogens is 1. The normalized spacial score (nSPS) is 20.8. The molecule has 226 valence electrons. The Morgan fingerprint density at radius 3 is 2.77 bits per heavy atom. The summed E-state index contributed by atoms with van der Waals surface area (Å²) in [5.41, 5.74) is 5.83. The highest BCUT2D eigenvalue weighted by Crippen LogP contribution is 2.40. The Hall–Kier alpha value is -4.37. The maximum absolute atomic E-state index is 13.7. The van der Waals surface area contributed by atoms with Crippen LogP contribution in [-0.4, -0.2) is 84.1 Å². The smallest absolute Gasteiger partial charge is 0.417 e. The van der Waals surface area contributed by atoms with Gasteiger partial charge in [0.1, 0.15) is 18.2 Å². The van der Waals surface area contributed by atoms with E-state index in [-0.39, 0.29) is 12.1 Å². The number of piperazine rings is 1. The lowest BCUT2D eigenvalue weighted by molar-refractivity contribution is -0.131. The number of aryl methyl sites for hydroxylation is 1. The highest BCUT2D eigenvalue weighted by molar-refractivity contribution is 5.91. The van der Waals surface area contributed by atoms with E-state index in [0.29, 0.717) is 68.3 Å². The first-order valence-corrected chi connectivity index (χ1v) is 14.7. The van der Waals surface area contributed by atoms with Crippen LogP contribution in [0.4, 0.5) is 15.8 Å². The Labute approximate surface area is 249 Å². The van der Waals surface area contributed by atoms with Crippen LogP contribution >= 0.6 is 0 Å². The van der Waals surface area contributed by atoms with Crippen LogP contribution in [-0.2, 0) is 17.8 Å². The van der Waals surface area contributed by atoms with E-state index in [2.05, 4.69) is 39.4 Å². The van der Waals surface area contributed by atoms with Gasteiger partial charge in [0.05, 0.1) is 29.1 Å². The van der Waals surface area contributed by atoms with Crippen molar-refractivity contribution in [1.29, 1.82) is 5.26 Å². The number of likely N-dealkylation sites (N-methyl/N-ethyl adjacent to an activating group) is 1. The fourth-order valence-electron chi connectivity index (χ4n) is 6.76. The molecule has 12 heteroatoms. The second kappa shape index (κ2) is 11.4. The molecule has 0 radical (unpaired) electrons. The minimum absolute atomic E-state index is 0.240. The molecule has 3 aliphatic heterocycles. The van der Waals surface area contributed by atoms with Crippen molar-refractivity contribution in [1.82, 2.24) is 19.8 Å². The van der Waals surface area contributed by atoms with Crippen LogP contribution in [0, 0.1) is 18.3 Å². The summed E-state index contributed by atoms with van der Waals surface area (Å²) in [6.07, 6.45) is 2.71. The fraction of sp³-hybridized carbons (Fsp3) is 0.484. The number of hydrogen-bond donors (Lipinski definition) is 1. The molecular weight excluding hydrogens is 553 g/mol. The number of nitriles is 1. The van der Waals surface area contributed by atoms with E-state index in [1.807, 2.05) is 26.0 Å². The van der Waals surface area contributed by atoms with E-state index in [1.165, 1.54) is 4.90 Å². The summed E-state index contributed by atoms with van der Waals surface area (Å²) in [6, 6.07) is 6.12. The van der Waals surface area contributed by atoms with Crippen molar-refractivity contribution in [2.45, 2.75) is 51.7 Å². The van der Waals surface area contributed by atoms with Crippen LogP contribution in [0.2, 0.25) is 0 Å². The number of oxazole rings is 1. The van der Waals surface area contributed by atoms with Gasteiger partial charge in [-0.15, -0.1) is 0 Å². The minimum atomic E-state index is -0.976. The Morgan fingerprint density at radius 1 is 1.26 bits per heavy atom. The topological polar surface area (TPSA) is 122 Å². The average Bonchev–Trinajstić information content (AvgIpc) is 3.58. The lowest BCUT2D eigenvalue weighted by Gasteiger charge is -2.42. The molecular formula is C31H36FN7O4. The molecule has 5 heterocycles. The summed E-state index contributed by atoms with van der Waals surface area (Å²) in [7, 11) is 2.08. The van der Waals surface area contributed by atoms with E-state index in [9.17, 15) is 19.2 Å². The van der Waals surface area contributed by atoms with Gasteiger partial charge < -0.3 is 28.8 Å². The van der Waals surface area contributed by atoms with Crippen LogP contribution < -0.4 is 20.3 Å². The van der Waals surface area contributed by atoms with Gasteiger partial charge >= 0.3 is 5.76 Å². The quantitative estimate of drug-likeness (QED) is 0.432. The number of benzene rings is 1. The molecule has 2 saturated heterocycles. The molecule has 3 aliphatic rings. The summed E-state index contributed by atoms with van der Waals surface area (Å²) in [4.78, 5) is 40.1. The summed E-state index contributed by atoms with van der Waals surface area (Å²) < 4.78 is 25.6. The van der Waals surface area contributed by atoms with Gasteiger partial charge in [0.15, 0.2) is 11.4 Å². The van der Waals surface area contributed by atoms with Crippen molar-refractivity contribution in [3.05, 3.63) is 57.5 Å². The number of carbonyl (C=O) groups is 1. The predicted molar refractivity (Wildman–Crippen MR) is 160 cm³/mol. The zero-order chi connectivity index (χ0) is 30.4. The van der Waals surface area contributed by atoms with E-state index >= 15 is 0 Å². The summed E-state index contributed by atoms with van der Waals surface area (Å²) in [6.45, 7) is 10.7. The zero-order valence-electron chi connectivity index (χ0n) is 24.8. The number of rotatable bonds is 6. The largest absolute Gasteiger partial charge is 0.475 e. The molecule has 43 heavy (non-hydrogen) atoms. The second-order valence-corrected chi connectivity index (χ2v) is 11.8. The number of carbonyl (C=O) groups excluding carboxylic acids is 1. The molecule has 3 aromatic rings. The Balaban J connectivity index is 1.39. The van der Waals surface area contributed by atoms with Gasteiger partial charge in [0.2, 0.25) is 5.88 Å². The van der Waals surface area contributed by atoms with Gasteiger partial charge in [-0.1, -0.05) is 12.6 Å². The summed E-state index contributed by atoms with van der Waals surface area (Å²) >= 11 is 0.